The van der Waals surface area contributed by atoms with Crippen molar-refractivity contribution >= 4 is 10.9 Å². The number of hydrogen-bond acceptors (Lipinski definition) is 4. The van der Waals surface area contributed by atoms with Crippen LogP contribution in [0.25, 0.3) is 10.9 Å². The monoisotopic (exact) mass is 272 g/mol. The maximum absolute atomic E-state index is 5.51. The van der Waals surface area contributed by atoms with Crippen LogP contribution in [0.2, 0.25) is 0 Å². The molecule has 0 aliphatic carbocycles. The van der Waals surface area contributed by atoms with Gasteiger partial charge in [-0.05, 0) is 19.2 Å². The van der Waals surface area contributed by atoms with Crippen LogP contribution < -0.4 is 5.32 Å². The van der Waals surface area contributed by atoms with Crippen LogP contribution in [0.1, 0.15) is 12.1 Å². The van der Waals surface area contributed by atoms with Crippen LogP contribution in [-0.4, -0.2) is 37.6 Å². The molecule has 106 valence electrons. The van der Waals surface area contributed by atoms with Crippen LogP contribution in [0.5, 0.6) is 0 Å². The van der Waals surface area contributed by atoms with Gasteiger partial charge >= 0.3 is 0 Å². The average molecular weight is 272 g/mol. The van der Waals surface area contributed by atoms with Gasteiger partial charge in [0, 0.05) is 30.0 Å². The molecule has 1 aliphatic heterocycles. The van der Waals surface area contributed by atoms with Crippen LogP contribution in [0.15, 0.2) is 36.4 Å². The van der Waals surface area contributed by atoms with E-state index in [9.17, 15) is 0 Å². The Morgan fingerprint density at radius 2 is 2.00 bits per heavy atom. The van der Waals surface area contributed by atoms with E-state index >= 15 is 0 Å². The van der Waals surface area contributed by atoms with E-state index in [1.165, 1.54) is 5.39 Å². The molecule has 1 fully saturated rings. The maximum Gasteiger partial charge on any atom is 0.159 e. The first-order valence-electron chi connectivity index (χ1n) is 7.10. The second-order valence-electron chi connectivity index (χ2n) is 5.09. The number of para-hydroxylation sites is 1. The summed E-state index contributed by atoms with van der Waals surface area (Å²) in [5.74, 6) is 0. The minimum Gasteiger partial charge on any atom is -0.350 e. The highest BCUT2D eigenvalue weighted by molar-refractivity contribution is 5.78. The van der Waals surface area contributed by atoms with Gasteiger partial charge in [0.1, 0.15) is 0 Å². The molecule has 3 rings (SSSR count). The number of hydrogen-bond donors (Lipinski definition) is 1. The van der Waals surface area contributed by atoms with Crippen molar-refractivity contribution in [2.75, 3.05) is 20.3 Å². The number of aromatic nitrogens is 1. The minimum atomic E-state index is -0.0760. The molecule has 1 aromatic carbocycles. The zero-order valence-corrected chi connectivity index (χ0v) is 11.7. The lowest BCUT2D eigenvalue weighted by atomic mass is 10.1. The van der Waals surface area contributed by atoms with Crippen LogP contribution >= 0.6 is 0 Å². The SMILES string of the molecule is CNC(Cc1ccc2ccccc2n1)CC1OCCO1. The summed E-state index contributed by atoms with van der Waals surface area (Å²) in [4.78, 5) is 4.72. The topological polar surface area (TPSA) is 43.4 Å². The predicted octanol–water partition coefficient (Wildman–Crippen LogP) is 2.13. The van der Waals surface area contributed by atoms with Crippen molar-refractivity contribution in [1.82, 2.24) is 10.3 Å². The third-order valence-corrected chi connectivity index (χ3v) is 3.69. The summed E-state index contributed by atoms with van der Waals surface area (Å²) < 4.78 is 11.0. The van der Waals surface area contributed by atoms with Crippen molar-refractivity contribution in [3.05, 3.63) is 42.1 Å². The summed E-state index contributed by atoms with van der Waals surface area (Å²) in [5.41, 5.74) is 2.15. The van der Waals surface area contributed by atoms with E-state index in [1.54, 1.807) is 0 Å². The summed E-state index contributed by atoms with van der Waals surface area (Å²) >= 11 is 0. The van der Waals surface area contributed by atoms with Gasteiger partial charge in [0.15, 0.2) is 6.29 Å². The fourth-order valence-electron chi connectivity index (χ4n) is 2.55. The number of pyridine rings is 1. The van der Waals surface area contributed by atoms with E-state index in [4.69, 9.17) is 14.5 Å². The standard InChI is InChI=1S/C16H20N2O2/c1-17-14(11-16-19-8-9-20-16)10-13-7-6-12-4-2-3-5-15(12)18-13/h2-7,14,16-17H,8-11H2,1H3. The average Bonchev–Trinajstić information content (AvgIpc) is 2.99. The molecular weight excluding hydrogens is 252 g/mol. The maximum atomic E-state index is 5.51. The van der Waals surface area contributed by atoms with Crippen molar-refractivity contribution in [2.24, 2.45) is 0 Å². The van der Waals surface area contributed by atoms with Gasteiger partial charge in [0.05, 0.1) is 18.7 Å². The number of ether oxygens (including phenoxy) is 2. The summed E-state index contributed by atoms with van der Waals surface area (Å²) in [6.07, 6.45) is 1.66. The highest BCUT2D eigenvalue weighted by Gasteiger charge is 2.21. The predicted molar refractivity (Wildman–Crippen MR) is 78.6 cm³/mol. The molecule has 0 spiro atoms. The molecule has 2 aromatic rings. The zero-order chi connectivity index (χ0) is 13.8. The Balaban J connectivity index is 1.69. The lowest BCUT2D eigenvalue weighted by Crippen LogP contribution is -2.32. The zero-order valence-electron chi connectivity index (χ0n) is 11.7. The van der Waals surface area contributed by atoms with Gasteiger partial charge in [-0.1, -0.05) is 24.3 Å². The summed E-state index contributed by atoms with van der Waals surface area (Å²) in [6.45, 7) is 1.41. The molecule has 2 heterocycles. The van der Waals surface area contributed by atoms with Gasteiger partial charge in [0.25, 0.3) is 0 Å². The molecular formula is C16H20N2O2. The molecule has 1 N–H and O–H groups in total. The largest absolute Gasteiger partial charge is 0.350 e. The molecule has 20 heavy (non-hydrogen) atoms. The van der Waals surface area contributed by atoms with Crippen molar-refractivity contribution in [3.8, 4) is 0 Å². The summed E-state index contributed by atoms with van der Waals surface area (Å²) in [7, 11) is 1.97. The lowest BCUT2D eigenvalue weighted by Gasteiger charge is -2.19. The van der Waals surface area contributed by atoms with E-state index in [0.717, 1.165) is 24.1 Å². The molecule has 1 aromatic heterocycles. The third kappa shape index (κ3) is 3.15. The number of benzene rings is 1. The fourth-order valence-corrected chi connectivity index (χ4v) is 2.55. The van der Waals surface area contributed by atoms with Gasteiger partial charge in [-0.15, -0.1) is 0 Å². The first-order valence-corrected chi connectivity index (χ1v) is 7.10. The Morgan fingerprint density at radius 1 is 1.20 bits per heavy atom. The van der Waals surface area contributed by atoms with E-state index in [1.807, 2.05) is 19.2 Å². The van der Waals surface area contributed by atoms with Crippen LogP contribution in [0, 0.1) is 0 Å². The van der Waals surface area contributed by atoms with Crippen molar-refractivity contribution in [1.29, 1.82) is 0 Å². The minimum absolute atomic E-state index is 0.0760. The highest BCUT2D eigenvalue weighted by atomic mass is 16.7. The first kappa shape index (κ1) is 13.5. The molecule has 4 heteroatoms. The van der Waals surface area contributed by atoms with Gasteiger partial charge in [0.2, 0.25) is 0 Å². The fraction of sp³-hybridized carbons (Fsp3) is 0.438. The van der Waals surface area contributed by atoms with E-state index in [-0.39, 0.29) is 6.29 Å². The number of nitrogens with one attached hydrogen (secondary N) is 1. The summed E-state index contributed by atoms with van der Waals surface area (Å²) in [6, 6.07) is 12.7. The Morgan fingerprint density at radius 3 is 2.80 bits per heavy atom. The second kappa shape index (κ2) is 6.31. The lowest BCUT2D eigenvalue weighted by molar-refractivity contribution is -0.0523. The smallest absolute Gasteiger partial charge is 0.159 e. The first-order chi connectivity index (χ1) is 9.85. The Bertz CT molecular complexity index is 567. The van der Waals surface area contributed by atoms with Gasteiger partial charge < -0.3 is 14.8 Å². The molecule has 1 saturated heterocycles. The molecule has 0 radical (unpaired) electrons. The number of nitrogens with zero attached hydrogens (tertiary/aromatic N) is 1. The second-order valence-corrected chi connectivity index (χ2v) is 5.09. The summed E-state index contributed by atoms with van der Waals surface area (Å²) in [5, 5.41) is 4.51. The molecule has 1 aliphatic rings. The van der Waals surface area contributed by atoms with Crippen LogP contribution in [0.4, 0.5) is 0 Å². The van der Waals surface area contributed by atoms with Crippen LogP contribution in [0.3, 0.4) is 0 Å². The van der Waals surface area contributed by atoms with Crippen LogP contribution in [-0.2, 0) is 15.9 Å². The quantitative estimate of drug-likeness (QED) is 0.905. The van der Waals surface area contributed by atoms with Gasteiger partial charge in [-0.25, -0.2) is 0 Å². The van der Waals surface area contributed by atoms with E-state index < -0.39 is 0 Å². The van der Waals surface area contributed by atoms with Crippen molar-refractivity contribution in [2.45, 2.75) is 25.2 Å². The number of likely N-dealkylation sites (N-methyl/N-ethyl adjacent to an activating group) is 1. The van der Waals surface area contributed by atoms with Crippen molar-refractivity contribution < 1.29 is 9.47 Å². The molecule has 0 bridgehead atoms. The number of fused-ring (bicyclic) bond motifs is 1. The molecule has 1 atom stereocenters. The molecule has 0 amide bonds. The number of rotatable bonds is 5. The normalized spacial score (nSPS) is 17.6. The highest BCUT2D eigenvalue weighted by Crippen LogP contribution is 2.16. The molecule has 4 nitrogen and oxygen atoms in total. The van der Waals surface area contributed by atoms with Crippen molar-refractivity contribution in [3.63, 3.8) is 0 Å². The Hall–Kier alpha value is -1.49. The van der Waals surface area contributed by atoms with Gasteiger partial charge in [-0.3, -0.25) is 4.98 Å². The Kier molecular flexibility index (Phi) is 4.25. The Labute approximate surface area is 119 Å². The molecule has 1 unspecified atom stereocenters. The van der Waals surface area contributed by atoms with E-state index in [2.05, 4.69) is 29.6 Å². The van der Waals surface area contributed by atoms with Gasteiger partial charge in [-0.2, -0.15) is 0 Å². The third-order valence-electron chi connectivity index (χ3n) is 3.69. The molecule has 0 saturated carbocycles. The van der Waals surface area contributed by atoms with E-state index in [0.29, 0.717) is 19.3 Å².